The van der Waals surface area contributed by atoms with Gasteiger partial charge in [-0.2, -0.15) is 0 Å². The number of hydrogen-bond donors (Lipinski definition) is 0. The molecule has 0 fully saturated rings. The molecule has 54 heavy (non-hydrogen) atoms. The number of allylic oxidation sites excluding steroid dienone is 10. The number of phosphoric acid groups is 1. The molecule has 0 aromatic rings. The fourth-order valence-corrected chi connectivity index (χ4v) is 5.97. The lowest BCUT2D eigenvalue weighted by Gasteiger charge is -2.28. The van der Waals surface area contributed by atoms with Crippen LogP contribution in [-0.4, -0.2) is 70.0 Å². The van der Waals surface area contributed by atoms with Gasteiger partial charge in [0.05, 0.1) is 27.7 Å². The monoisotopic (exact) mass is 780 g/mol. The minimum absolute atomic E-state index is 0.0398. The molecule has 0 aliphatic rings. The number of carbonyl (C=O) groups excluding carboxylic acids is 2. The maximum atomic E-state index is 12.6. The molecule has 1 unspecified atom stereocenters. The highest BCUT2D eigenvalue weighted by Gasteiger charge is 2.21. The summed E-state index contributed by atoms with van der Waals surface area (Å²) in [5.41, 5.74) is 0. The van der Waals surface area contributed by atoms with Crippen LogP contribution in [0, 0.1) is 0 Å². The van der Waals surface area contributed by atoms with E-state index in [1.165, 1.54) is 25.7 Å². The molecule has 0 aliphatic carbocycles. The number of quaternary nitrogens is 1. The van der Waals surface area contributed by atoms with Crippen molar-refractivity contribution >= 4 is 19.8 Å². The van der Waals surface area contributed by atoms with Crippen molar-refractivity contribution < 1.29 is 42.1 Å². The molecule has 0 N–H and O–H groups in total. The Kier molecular flexibility index (Phi) is 34.8. The molecule has 0 saturated carbocycles. The smallest absolute Gasteiger partial charge is 0.306 e. The molecular weight excluding hydrogens is 701 g/mol. The first-order valence-corrected chi connectivity index (χ1v) is 22.5. The Labute approximate surface area is 330 Å². The van der Waals surface area contributed by atoms with E-state index in [4.69, 9.17) is 18.5 Å². The molecule has 2 atom stereocenters. The van der Waals surface area contributed by atoms with Gasteiger partial charge in [0, 0.05) is 12.8 Å². The van der Waals surface area contributed by atoms with Crippen molar-refractivity contribution in [2.45, 2.75) is 161 Å². The molecule has 0 saturated heterocycles. The van der Waals surface area contributed by atoms with Gasteiger partial charge in [0.15, 0.2) is 6.10 Å². The topological polar surface area (TPSA) is 111 Å². The Bertz CT molecular complexity index is 1110. The highest BCUT2D eigenvalue weighted by atomic mass is 31.2. The zero-order valence-electron chi connectivity index (χ0n) is 34.9. The van der Waals surface area contributed by atoms with Gasteiger partial charge in [0.2, 0.25) is 0 Å². The van der Waals surface area contributed by atoms with Crippen molar-refractivity contribution in [1.82, 2.24) is 0 Å². The van der Waals surface area contributed by atoms with E-state index in [9.17, 15) is 19.0 Å². The lowest BCUT2D eigenvalue weighted by atomic mass is 10.1. The summed E-state index contributed by atoms with van der Waals surface area (Å²) < 4.78 is 33.8. The molecule has 0 spiro atoms. The summed E-state index contributed by atoms with van der Waals surface area (Å²) in [4.78, 5) is 37.5. The van der Waals surface area contributed by atoms with Gasteiger partial charge < -0.3 is 27.9 Å². The molecule has 0 amide bonds. The number of nitrogens with zero attached hydrogens (tertiary/aromatic N) is 1. The fourth-order valence-electron chi connectivity index (χ4n) is 5.25. The van der Waals surface area contributed by atoms with Crippen molar-refractivity contribution in [1.29, 1.82) is 0 Å². The van der Waals surface area contributed by atoms with Crippen LogP contribution in [0.3, 0.4) is 0 Å². The second-order valence-electron chi connectivity index (χ2n) is 15.0. The third kappa shape index (κ3) is 39.4. The van der Waals surface area contributed by atoms with Gasteiger partial charge in [0.1, 0.15) is 19.8 Å². The Balaban J connectivity index is 4.46. The first-order valence-electron chi connectivity index (χ1n) is 21.0. The van der Waals surface area contributed by atoms with Gasteiger partial charge in [-0.25, -0.2) is 0 Å². The average molecular weight is 780 g/mol. The maximum absolute atomic E-state index is 12.6. The van der Waals surface area contributed by atoms with Crippen molar-refractivity contribution in [3.05, 3.63) is 60.8 Å². The molecule has 0 bridgehead atoms. The predicted octanol–water partition coefficient (Wildman–Crippen LogP) is 11.1. The molecule has 0 aliphatic heterocycles. The largest absolute Gasteiger partial charge is 0.756 e. The number of likely N-dealkylation sites (N-methyl/N-ethyl adjacent to an activating group) is 1. The Morgan fingerprint density at radius 3 is 1.69 bits per heavy atom. The molecule has 0 radical (unpaired) electrons. The third-order valence-corrected chi connectivity index (χ3v) is 9.51. The second kappa shape index (κ2) is 36.4. The lowest BCUT2D eigenvalue weighted by Crippen LogP contribution is -2.37. The van der Waals surface area contributed by atoms with Gasteiger partial charge in [-0.15, -0.1) is 0 Å². The summed E-state index contributed by atoms with van der Waals surface area (Å²) in [6.07, 6.45) is 42.4. The van der Waals surface area contributed by atoms with Crippen LogP contribution in [0.25, 0.3) is 0 Å². The van der Waals surface area contributed by atoms with Crippen LogP contribution in [0.15, 0.2) is 60.8 Å². The number of hydrogen-bond acceptors (Lipinski definition) is 8. The normalized spacial score (nSPS) is 14.3. The number of phosphoric ester groups is 1. The molecule has 10 heteroatoms. The van der Waals surface area contributed by atoms with Crippen molar-refractivity contribution in [3.8, 4) is 0 Å². The number of esters is 2. The Hall–Kier alpha value is -2.29. The van der Waals surface area contributed by atoms with E-state index in [2.05, 4.69) is 74.6 Å². The summed E-state index contributed by atoms with van der Waals surface area (Å²) in [6, 6.07) is 0. The van der Waals surface area contributed by atoms with E-state index in [0.29, 0.717) is 23.9 Å². The predicted molar refractivity (Wildman–Crippen MR) is 222 cm³/mol. The van der Waals surface area contributed by atoms with E-state index >= 15 is 0 Å². The van der Waals surface area contributed by atoms with Gasteiger partial charge >= 0.3 is 11.9 Å². The summed E-state index contributed by atoms with van der Waals surface area (Å²) in [7, 11) is 1.13. The number of unbranched alkanes of at least 4 members (excludes halogenated alkanes) is 14. The SMILES string of the molecule is CC/C=C/C/C=C/C/C=C/CCCCCCCC(=O)O[C@H](COC(=O)CCCCCCC/C=C/C=C/CCCCCC)COP(=O)([O-])OCC[N+](C)(C)C. The lowest BCUT2D eigenvalue weighted by molar-refractivity contribution is -0.870. The van der Waals surface area contributed by atoms with Crippen molar-refractivity contribution in [3.63, 3.8) is 0 Å². The van der Waals surface area contributed by atoms with Crippen LogP contribution in [0.2, 0.25) is 0 Å². The Morgan fingerprint density at radius 2 is 1.11 bits per heavy atom. The van der Waals surface area contributed by atoms with Crippen LogP contribution in [0.1, 0.15) is 155 Å². The van der Waals surface area contributed by atoms with Crippen LogP contribution < -0.4 is 4.89 Å². The van der Waals surface area contributed by atoms with E-state index in [-0.39, 0.29) is 26.1 Å². The van der Waals surface area contributed by atoms with E-state index in [0.717, 1.165) is 89.9 Å². The second-order valence-corrected chi connectivity index (χ2v) is 16.4. The zero-order chi connectivity index (χ0) is 40.0. The molecule has 0 aromatic carbocycles. The van der Waals surface area contributed by atoms with Crippen LogP contribution >= 0.6 is 7.82 Å². The van der Waals surface area contributed by atoms with Crippen LogP contribution in [0.4, 0.5) is 0 Å². The first kappa shape index (κ1) is 51.7. The first-order chi connectivity index (χ1) is 26.0. The van der Waals surface area contributed by atoms with Gasteiger partial charge in [0.25, 0.3) is 7.82 Å². The standard InChI is InChI=1S/C44H78NO8P/c1-6-8-10-12-14-16-18-20-22-24-26-28-30-32-34-36-43(46)50-40-42(41-52-54(48,49)51-39-38-45(3,4)5)53-44(47)37-35-33-31-29-27-25-23-21-19-17-15-13-11-9-7-2/h9,11,15-18,20-23,42H,6-8,10,12-14,19,24-41H2,1-5H3/b11-9+,17-15+,18-16+,22-20+,23-21+/t42-/m1/s1. The Morgan fingerprint density at radius 1 is 0.611 bits per heavy atom. The number of ether oxygens (including phenoxy) is 2. The minimum atomic E-state index is -4.63. The quantitative estimate of drug-likeness (QED) is 0.0153. The van der Waals surface area contributed by atoms with E-state index in [1.54, 1.807) is 0 Å². The summed E-state index contributed by atoms with van der Waals surface area (Å²) in [5, 5.41) is 0. The molecular formula is C44H78NO8P. The molecule has 9 nitrogen and oxygen atoms in total. The maximum Gasteiger partial charge on any atom is 0.306 e. The zero-order valence-corrected chi connectivity index (χ0v) is 35.8. The number of carbonyl (C=O) groups is 2. The van der Waals surface area contributed by atoms with Crippen LogP contribution in [0.5, 0.6) is 0 Å². The highest BCUT2D eigenvalue weighted by Crippen LogP contribution is 2.38. The van der Waals surface area contributed by atoms with Crippen LogP contribution in [-0.2, 0) is 32.7 Å². The summed E-state index contributed by atoms with van der Waals surface area (Å²) in [5.74, 6) is -0.878. The molecule has 0 aromatic heterocycles. The minimum Gasteiger partial charge on any atom is -0.756 e. The third-order valence-electron chi connectivity index (χ3n) is 8.55. The van der Waals surface area contributed by atoms with Crippen molar-refractivity contribution in [2.24, 2.45) is 0 Å². The van der Waals surface area contributed by atoms with Gasteiger partial charge in [-0.3, -0.25) is 14.2 Å². The van der Waals surface area contributed by atoms with Gasteiger partial charge in [-0.05, 0) is 70.6 Å². The molecule has 312 valence electrons. The molecule has 0 heterocycles. The van der Waals surface area contributed by atoms with E-state index in [1.807, 2.05) is 21.1 Å². The van der Waals surface area contributed by atoms with E-state index < -0.39 is 32.5 Å². The fraction of sp³-hybridized carbons (Fsp3) is 0.727. The van der Waals surface area contributed by atoms with Crippen molar-refractivity contribution in [2.75, 3.05) is 47.5 Å². The number of rotatable bonds is 37. The average Bonchev–Trinajstić information content (AvgIpc) is 3.12. The molecule has 0 rings (SSSR count). The van der Waals surface area contributed by atoms with Gasteiger partial charge in [-0.1, -0.05) is 132 Å². The summed E-state index contributed by atoms with van der Waals surface area (Å²) >= 11 is 0. The summed E-state index contributed by atoms with van der Waals surface area (Å²) in [6.45, 7) is 4.03. The highest BCUT2D eigenvalue weighted by molar-refractivity contribution is 7.45.